The Hall–Kier alpha value is -2.73. The van der Waals surface area contributed by atoms with E-state index in [-0.39, 0.29) is 5.95 Å². The maximum atomic E-state index is 5.92. The van der Waals surface area contributed by atoms with Crippen LogP contribution in [-0.4, -0.2) is 19.9 Å². The number of nitrogens with two attached hydrogens (primary N) is 1. The van der Waals surface area contributed by atoms with Crippen LogP contribution in [0.3, 0.4) is 0 Å². The van der Waals surface area contributed by atoms with E-state index in [9.17, 15) is 0 Å². The second-order valence-corrected chi connectivity index (χ2v) is 6.03. The van der Waals surface area contributed by atoms with Crippen LogP contribution >= 0.6 is 15.9 Å². The molecule has 0 saturated carbocycles. The first-order valence-electron chi connectivity index (χ1n) is 7.04. The van der Waals surface area contributed by atoms with Crippen molar-refractivity contribution < 1.29 is 0 Å². The van der Waals surface area contributed by atoms with Crippen LogP contribution in [0.25, 0.3) is 33.5 Å². The number of anilines is 1. The summed E-state index contributed by atoms with van der Waals surface area (Å²) in [7, 11) is 0. The fourth-order valence-electron chi connectivity index (χ4n) is 2.55. The van der Waals surface area contributed by atoms with Crippen LogP contribution < -0.4 is 5.73 Å². The highest BCUT2D eigenvalue weighted by Gasteiger charge is 2.12. The van der Waals surface area contributed by atoms with Gasteiger partial charge in [0, 0.05) is 33.4 Å². The summed E-state index contributed by atoms with van der Waals surface area (Å²) in [6.45, 7) is 0. The van der Waals surface area contributed by atoms with E-state index in [0.29, 0.717) is 0 Å². The zero-order chi connectivity index (χ0) is 15.8. The van der Waals surface area contributed by atoms with E-state index in [1.807, 2.05) is 48.7 Å². The Morgan fingerprint density at radius 2 is 1.78 bits per heavy atom. The number of rotatable bonds is 2. The third-order valence-corrected chi connectivity index (χ3v) is 4.02. The molecule has 3 N–H and O–H groups in total. The van der Waals surface area contributed by atoms with Gasteiger partial charge in [-0.1, -0.05) is 30.3 Å². The molecule has 23 heavy (non-hydrogen) atoms. The molecule has 0 bridgehead atoms. The lowest BCUT2D eigenvalue weighted by Gasteiger charge is -2.05. The molecule has 1 aromatic carbocycles. The third kappa shape index (κ3) is 2.57. The molecule has 3 heterocycles. The number of hydrogen-bond donors (Lipinski definition) is 2. The lowest BCUT2D eigenvalue weighted by atomic mass is 10.1. The van der Waals surface area contributed by atoms with Gasteiger partial charge < -0.3 is 10.7 Å². The molecule has 112 valence electrons. The molecule has 0 unspecified atom stereocenters. The smallest absolute Gasteiger partial charge is 0.221 e. The lowest BCUT2D eigenvalue weighted by molar-refractivity contribution is 1.19. The third-order valence-electron chi connectivity index (χ3n) is 3.59. The molecule has 0 aliphatic heterocycles. The van der Waals surface area contributed by atoms with Gasteiger partial charge in [0.1, 0.15) is 5.65 Å². The molecule has 0 aliphatic carbocycles. The molecule has 4 rings (SSSR count). The molecule has 0 aliphatic rings. The van der Waals surface area contributed by atoms with Crippen LogP contribution in [0.2, 0.25) is 0 Å². The second-order valence-electron chi connectivity index (χ2n) is 5.11. The monoisotopic (exact) mass is 365 g/mol. The number of nitrogens with one attached hydrogen (secondary N) is 1. The first-order valence-corrected chi connectivity index (χ1v) is 7.83. The zero-order valence-electron chi connectivity index (χ0n) is 12.0. The van der Waals surface area contributed by atoms with E-state index in [4.69, 9.17) is 5.73 Å². The Kier molecular flexibility index (Phi) is 3.31. The highest BCUT2D eigenvalue weighted by molar-refractivity contribution is 9.10. The van der Waals surface area contributed by atoms with Crippen LogP contribution in [-0.2, 0) is 0 Å². The molecule has 3 aromatic heterocycles. The second kappa shape index (κ2) is 5.48. The van der Waals surface area contributed by atoms with Crippen LogP contribution in [0.4, 0.5) is 5.95 Å². The summed E-state index contributed by atoms with van der Waals surface area (Å²) in [6, 6.07) is 13.9. The van der Waals surface area contributed by atoms with E-state index < -0.39 is 0 Å². The first kappa shape index (κ1) is 13.9. The number of hydrogen-bond acceptors (Lipinski definition) is 4. The summed E-state index contributed by atoms with van der Waals surface area (Å²) in [5.74, 6) is 0.249. The fraction of sp³-hybridized carbons (Fsp3) is 0. The van der Waals surface area contributed by atoms with Gasteiger partial charge in [0.25, 0.3) is 0 Å². The number of aromatic amines is 1. The van der Waals surface area contributed by atoms with Gasteiger partial charge in [0.2, 0.25) is 5.95 Å². The lowest BCUT2D eigenvalue weighted by Crippen LogP contribution is -1.98. The van der Waals surface area contributed by atoms with Crippen molar-refractivity contribution in [2.45, 2.75) is 0 Å². The number of fused-ring (bicyclic) bond motifs is 1. The standard InChI is InChI=1S/C17H12BrN5/c18-11-6-12-13(9-21-16(12)20-8-11)15-7-14(22-17(19)23-15)10-4-2-1-3-5-10/h1-9H,(H,20,21)(H2,19,22,23). The number of halogens is 1. The Morgan fingerprint density at radius 3 is 2.61 bits per heavy atom. The van der Waals surface area contributed by atoms with E-state index in [2.05, 4.69) is 35.9 Å². The highest BCUT2D eigenvalue weighted by atomic mass is 79.9. The van der Waals surface area contributed by atoms with E-state index in [1.165, 1.54) is 0 Å². The van der Waals surface area contributed by atoms with Crippen LogP contribution in [0.5, 0.6) is 0 Å². The minimum absolute atomic E-state index is 0.249. The van der Waals surface area contributed by atoms with Crippen molar-refractivity contribution in [3.05, 3.63) is 59.3 Å². The molecule has 0 fully saturated rings. The predicted octanol–water partition coefficient (Wildman–Crippen LogP) is 4.03. The predicted molar refractivity (Wildman–Crippen MR) is 94.7 cm³/mol. The van der Waals surface area contributed by atoms with Crippen molar-refractivity contribution in [3.63, 3.8) is 0 Å². The maximum Gasteiger partial charge on any atom is 0.221 e. The minimum Gasteiger partial charge on any atom is -0.368 e. The van der Waals surface area contributed by atoms with Crippen molar-refractivity contribution in [2.24, 2.45) is 0 Å². The fourth-order valence-corrected chi connectivity index (χ4v) is 2.88. The first-order chi connectivity index (χ1) is 11.2. The van der Waals surface area contributed by atoms with Crippen molar-refractivity contribution in [1.29, 1.82) is 0 Å². The number of H-pyrrole nitrogens is 1. The van der Waals surface area contributed by atoms with Gasteiger partial charge in [-0.3, -0.25) is 0 Å². The molecular formula is C17H12BrN5. The average molecular weight is 366 g/mol. The Labute approximate surface area is 140 Å². The number of nitrogens with zero attached hydrogens (tertiary/aromatic N) is 3. The average Bonchev–Trinajstić information content (AvgIpc) is 2.98. The molecule has 0 amide bonds. The van der Waals surface area contributed by atoms with E-state index >= 15 is 0 Å². The largest absolute Gasteiger partial charge is 0.368 e. The van der Waals surface area contributed by atoms with Crippen molar-refractivity contribution in [3.8, 4) is 22.5 Å². The number of aromatic nitrogens is 4. The summed E-state index contributed by atoms with van der Waals surface area (Å²) < 4.78 is 0.913. The quantitative estimate of drug-likeness (QED) is 0.561. The Morgan fingerprint density at radius 1 is 1.00 bits per heavy atom. The maximum absolute atomic E-state index is 5.92. The summed E-state index contributed by atoms with van der Waals surface area (Å²) in [5.41, 5.74) is 10.2. The Balaban J connectivity index is 1.91. The zero-order valence-corrected chi connectivity index (χ0v) is 13.6. The molecule has 0 spiro atoms. The van der Waals surface area contributed by atoms with Gasteiger partial charge in [-0.25, -0.2) is 15.0 Å². The molecular weight excluding hydrogens is 354 g/mol. The summed E-state index contributed by atoms with van der Waals surface area (Å²) in [6.07, 6.45) is 3.65. The summed E-state index contributed by atoms with van der Waals surface area (Å²) in [5, 5.41) is 0.983. The Bertz CT molecular complexity index is 994. The summed E-state index contributed by atoms with van der Waals surface area (Å²) in [4.78, 5) is 16.2. The van der Waals surface area contributed by atoms with Gasteiger partial charge >= 0.3 is 0 Å². The van der Waals surface area contributed by atoms with Crippen molar-refractivity contribution in [1.82, 2.24) is 19.9 Å². The normalized spacial score (nSPS) is 11.0. The SMILES string of the molecule is Nc1nc(-c2ccccc2)cc(-c2c[nH]c3ncc(Br)cc23)n1. The molecule has 6 heteroatoms. The van der Waals surface area contributed by atoms with Gasteiger partial charge in [0.15, 0.2) is 0 Å². The van der Waals surface area contributed by atoms with Gasteiger partial charge in [0.05, 0.1) is 11.4 Å². The van der Waals surface area contributed by atoms with Crippen LogP contribution in [0.1, 0.15) is 0 Å². The number of nitrogen functional groups attached to an aromatic ring is 1. The van der Waals surface area contributed by atoms with E-state index in [1.54, 1.807) is 6.20 Å². The van der Waals surface area contributed by atoms with Crippen LogP contribution in [0, 0.1) is 0 Å². The molecule has 5 nitrogen and oxygen atoms in total. The van der Waals surface area contributed by atoms with Crippen LogP contribution in [0.15, 0.2) is 59.3 Å². The molecule has 0 atom stereocenters. The number of benzene rings is 1. The van der Waals surface area contributed by atoms with E-state index in [0.717, 1.165) is 38.0 Å². The molecule has 0 saturated heterocycles. The molecule has 4 aromatic rings. The summed E-state index contributed by atoms with van der Waals surface area (Å²) >= 11 is 3.46. The van der Waals surface area contributed by atoms with Gasteiger partial charge in [-0.05, 0) is 28.1 Å². The highest BCUT2D eigenvalue weighted by Crippen LogP contribution is 2.30. The minimum atomic E-state index is 0.249. The topological polar surface area (TPSA) is 80.5 Å². The number of pyridine rings is 1. The molecule has 0 radical (unpaired) electrons. The van der Waals surface area contributed by atoms with Crippen molar-refractivity contribution in [2.75, 3.05) is 5.73 Å². The van der Waals surface area contributed by atoms with Gasteiger partial charge in [-0.2, -0.15) is 0 Å². The van der Waals surface area contributed by atoms with Crippen molar-refractivity contribution >= 4 is 32.9 Å². The van der Waals surface area contributed by atoms with Gasteiger partial charge in [-0.15, -0.1) is 0 Å².